The van der Waals surface area contributed by atoms with Gasteiger partial charge in [-0.1, -0.05) is 0 Å². The van der Waals surface area contributed by atoms with Crippen molar-refractivity contribution < 1.29 is 13.9 Å². The highest BCUT2D eigenvalue weighted by molar-refractivity contribution is 6.10. The summed E-state index contributed by atoms with van der Waals surface area (Å²) in [6.45, 7) is 4.43. The molecule has 6 nitrogen and oxygen atoms in total. The van der Waals surface area contributed by atoms with Gasteiger partial charge in [0.05, 0.1) is 31.1 Å². The predicted octanol–water partition coefficient (Wildman–Crippen LogP) is 3.83. The van der Waals surface area contributed by atoms with Crippen LogP contribution >= 0.6 is 0 Å². The Morgan fingerprint density at radius 1 is 1.07 bits per heavy atom. The van der Waals surface area contributed by atoms with E-state index in [4.69, 9.17) is 9.47 Å². The standard InChI is InChI=1S/C21H20FN3O3/c1-5-24-16-11-18(28-4)17(27-3)10-15(16)19-12(2)23-25(21(26)20(19)24)14-8-6-13(22)7-9-14/h6-11H,5H2,1-4H3. The van der Waals surface area contributed by atoms with Crippen molar-refractivity contribution in [3.05, 3.63) is 58.3 Å². The smallest absolute Gasteiger partial charge is 0.296 e. The zero-order chi connectivity index (χ0) is 20.0. The Hall–Kier alpha value is -3.35. The van der Waals surface area contributed by atoms with Crippen molar-refractivity contribution in [1.82, 2.24) is 14.3 Å². The van der Waals surface area contributed by atoms with Crippen LogP contribution in [-0.2, 0) is 6.54 Å². The second-order valence-electron chi connectivity index (χ2n) is 6.47. The molecule has 0 saturated heterocycles. The Labute approximate surface area is 160 Å². The van der Waals surface area contributed by atoms with E-state index >= 15 is 0 Å². The van der Waals surface area contributed by atoms with E-state index in [9.17, 15) is 9.18 Å². The summed E-state index contributed by atoms with van der Waals surface area (Å²) in [6, 6.07) is 9.46. The Kier molecular flexibility index (Phi) is 4.30. The van der Waals surface area contributed by atoms with Gasteiger partial charge in [0.25, 0.3) is 5.56 Å². The number of methoxy groups -OCH3 is 2. The minimum atomic E-state index is -0.364. The summed E-state index contributed by atoms with van der Waals surface area (Å²) in [5.74, 6) is 0.820. The number of fused-ring (bicyclic) bond motifs is 3. The van der Waals surface area contributed by atoms with Gasteiger partial charge >= 0.3 is 0 Å². The van der Waals surface area contributed by atoms with Crippen LogP contribution in [0.3, 0.4) is 0 Å². The fourth-order valence-corrected chi connectivity index (χ4v) is 3.69. The average Bonchev–Trinajstić information content (AvgIpc) is 3.04. The summed E-state index contributed by atoms with van der Waals surface area (Å²) in [4.78, 5) is 13.3. The van der Waals surface area contributed by atoms with Gasteiger partial charge in [-0.25, -0.2) is 4.39 Å². The molecule has 2 aromatic carbocycles. The van der Waals surface area contributed by atoms with Gasteiger partial charge in [0, 0.05) is 23.4 Å². The molecular formula is C21H20FN3O3. The average molecular weight is 381 g/mol. The second kappa shape index (κ2) is 6.67. The van der Waals surface area contributed by atoms with Gasteiger partial charge in [-0.2, -0.15) is 9.78 Å². The van der Waals surface area contributed by atoms with Gasteiger partial charge < -0.3 is 14.0 Å². The number of rotatable bonds is 4. The summed E-state index contributed by atoms with van der Waals surface area (Å²) in [7, 11) is 3.16. The van der Waals surface area contributed by atoms with Crippen LogP contribution in [0.25, 0.3) is 27.5 Å². The SMILES string of the molecule is CCn1c2cc(OC)c(OC)cc2c2c(C)nn(-c3ccc(F)cc3)c(=O)c21. The third kappa shape index (κ3) is 2.54. The molecule has 4 aromatic rings. The van der Waals surface area contributed by atoms with Crippen molar-refractivity contribution in [2.24, 2.45) is 0 Å². The molecule has 144 valence electrons. The molecule has 0 radical (unpaired) electrons. The molecule has 0 saturated carbocycles. The van der Waals surface area contributed by atoms with Gasteiger partial charge in [-0.05, 0) is 44.2 Å². The van der Waals surface area contributed by atoms with Crippen molar-refractivity contribution >= 4 is 21.8 Å². The largest absolute Gasteiger partial charge is 0.493 e. The summed E-state index contributed by atoms with van der Waals surface area (Å²) >= 11 is 0. The maximum absolute atomic E-state index is 13.3. The molecule has 0 fully saturated rings. The van der Waals surface area contributed by atoms with Crippen LogP contribution in [0.5, 0.6) is 11.5 Å². The first-order valence-electron chi connectivity index (χ1n) is 8.94. The lowest BCUT2D eigenvalue weighted by Crippen LogP contribution is -2.24. The lowest BCUT2D eigenvalue weighted by molar-refractivity contribution is 0.355. The number of halogens is 1. The molecule has 0 aliphatic carbocycles. The molecule has 0 bridgehead atoms. The molecule has 28 heavy (non-hydrogen) atoms. The van der Waals surface area contributed by atoms with Gasteiger partial charge in [-0.15, -0.1) is 0 Å². The summed E-state index contributed by atoms with van der Waals surface area (Å²) in [5.41, 5.74) is 2.37. The van der Waals surface area contributed by atoms with Crippen LogP contribution < -0.4 is 15.0 Å². The molecule has 7 heteroatoms. The topological polar surface area (TPSA) is 58.3 Å². The maximum atomic E-state index is 13.3. The third-order valence-corrected chi connectivity index (χ3v) is 4.96. The number of hydrogen-bond acceptors (Lipinski definition) is 4. The van der Waals surface area contributed by atoms with E-state index in [0.29, 0.717) is 34.9 Å². The predicted molar refractivity (Wildman–Crippen MR) is 106 cm³/mol. The minimum absolute atomic E-state index is 0.261. The normalized spacial score (nSPS) is 11.3. The number of nitrogens with zero attached hydrogens (tertiary/aromatic N) is 3. The van der Waals surface area contributed by atoms with E-state index in [1.165, 1.54) is 16.8 Å². The summed E-state index contributed by atoms with van der Waals surface area (Å²) in [5, 5.41) is 6.15. The minimum Gasteiger partial charge on any atom is -0.493 e. The van der Waals surface area contributed by atoms with Crippen LogP contribution in [0.1, 0.15) is 12.6 Å². The highest BCUT2D eigenvalue weighted by Gasteiger charge is 2.21. The van der Waals surface area contributed by atoms with E-state index in [1.54, 1.807) is 26.4 Å². The van der Waals surface area contributed by atoms with E-state index < -0.39 is 0 Å². The third-order valence-electron chi connectivity index (χ3n) is 4.96. The zero-order valence-corrected chi connectivity index (χ0v) is 16.1. The lowest BCUT2D eigenvalue weighted by Gasteiger charge is -2.09. The first-order chi connectivity index (χ1) is 13.5. The monoisotopic (exact) mass is 381 g/mol. The molecule has 2 aromatic heterocycles. The van der Waals surface area contributed by atoms with Gasteiger partial charge in [0.15, 0.2) is 11.5 Å². The Morgan fingerprint density at radius 3 is 2.32 bits per heavy atom. The van der Waals surface area contributed by atoms with Gasteiger partial charge in [0.2, 0.25) is 0 Å². The molecule has 0 amide bonds. The molecule has 0 aliphatic heterocycles. The molecular weight excluding hydrogens is 361 g/mol. The fraction of sp³-hybridized carbons (Fsp3) is 0.238. The Bertz CT molecular complexity index is 1260. The maximum Gasteiger partial charge on any atom is 0.296 e. The Balaban J connectivity index is 2.15. The fourth-order valence-electron chi connectivity index (χ4n) is 3.69. The quantitative estimate of drug-likeness (QED) is 0.539. The number of ether oxygens (including phenoxy) is 2. The molecule has 0 unspecified atom stereocenters. The van der Waals surface area contributed by atoms with Crippen molar-refractivity contribution in [2.75, 3.05) is 14.2 Å². The molecule has 2 heterocycles. The second-order valence-corrected chi connectivity index (χ2v) is 6.47. The molecule has 4 rings (SSSR count). The Morgan fingerprint density at radius 2 is 1.71 bits per heavy atom. The van der Waals surface area contributed by atoms with Crippen LogP contribution in [-0.4, -0.2) is 28.6 Å². The number of hydrogen-bond donors (Lipinski definition) is 0. The first kappa shape index (κ1) is 18.0. The molecule has 0 atom stereocenters. The lowest BCUT2D eigenvalue weighted by atomic mass is 10.1. The van der Waals surface area contributed by atoms with E-state index in [-0.39, 0.29) is 11.4 Å². The molecule has 0 aliphatic rings. The summed E-state index contributed by atoms with van der Waals surface area (Å²) < 4.78 is 27.4. The van der Waals surface area contributed by atoms with Gasteiger partial charge in [-0.3, -0.25) is 4.79 Å². The van der Waals surface area contributed by atoms with Crippen LogP contribution in [0, 0.1) is 12.7 Å². The van der Waals surface area contributed by atoms with Crippen LogP contribution in [0.2, 0.25) is 0 Å². The van der Waals surface area contributed by atoms with E-state index in [0.717, 1.165) is 16.3 Å². The van der Waals surface area contributed by atoms with Crippen molar-refractivity contribution in [2.45, 2.75) is 20.4 Å². The van der Waals surface area contributed by atoms with Crippen LogP contribution in [0.4, 0.5) is 4.39 Å². The molecule has 0 N–H and O–H groups in total. The highest BCUT2D eigenvalue weighted by Crippen LogP contribution is 2.37. The van der Waals surface area contributed by atoms with Crippen molar-refractivity contribution in [3.63, 3.8) is 0 Å². The van der Waals surface area contributed by atoms with Crippen LogP contribution in [0.15, 0.2) is 41.2 Å². The van der Waals surface area contributed by atoms with Crippen molar-refractivity contribution in [3.8, 4) is 17.2 Å². The number of aromatic nitrogens is 3. The number of benzene rings is 2. The number of aryl methyl sites for hydroxylation is 2. The highest BCUT2D eigenvalue weighted by atomic mass is 19.1. The van der Waals surface area contributed by atoms with Gasteiger partial charge in [0.1, 0.15) is 11.3 Å². The summed E-state index contributed by atoms with van der Waals surface area (Å²) in [6.07, 6.45) is 0. The van der Waals surface area contributed by atoms with Crippen molar-refractivity contribution in [1.29, 1.82) is 0 Å². The van der Waals surface area contributed by atoms with E-state index in [2.05, 4.69) is 5.10 Å². The first-order valence-corrected chi connectivity index (χ1v) is 8.94. The van der Waals surface area contributed by atoms with E-state index in [1.807, 2.05) is 30.5 Å². The molecule has 0 spiro atoms. The zero-order valence-electron chi connectivity index (χ0n) is 16.1.